The summed E-state index contributed by atoms with van der Waals surface area (Å²) in [6.45, 7) is 0.644. The predicted molar refractivity (Wildman–Crippen MR) is 112 cm³/mol. The number of carbonyl (C=O) groups is 1. The van der Waals surface area contributed by atoms with Gasteiger partial charge in [0.2, 0.25) is 0 Å². The fourth-order valence-electron chi connectivity index (χ4n) is 3.82. The van der Waals surface area contributed by atoms with E-state index in [4.69, 9.17) is 4.74 Å². The molecule has 1 aliphatic rings. The van der Waals surface area contributed by atoms with Crippen molar-refractivity contribution in [3.05, 3.63) is 34.6 Å². The number of hydrogen-bond donors (Lipinski definition) is 1. The van der Waals surface area contributed by atoms with Crippen molar-refractivity contribution in [2.24, 2.45) is 17.8 Å². The van der Waals surface area contributed by atoms with Gasteiger partial charge in [0.1, 0.15) is 5.52 Å². The summed E-state index contributed by atoms with van der Waals surface area (Å²) in [6.07, 6.45) is 8.03. The lowest BCUT2D eigenvalue weighted by molar-refractivity contribution is -0.151. The molecule has 0 saturated heterocycles. The molecular weight excluding hydrogens is 378 g/mol. The van der Waals surface area contributed by atoms with E-state index in [1.165, 1.54) is 4.68 Å². The van der Waals surface area contributed by atoms with E-state index in [-0.39, 0.29) is 30.0 Å². The van der Waals surface area contributed by atoms with E-state index in [1.54, 1.807) is 18.2 Å². The number of fused-ring (bicyclic) bond motifs is 1. The molecular formula is C20H29N3O4S. The Kier molecular flexibility index (Phi) is 6.40. The van der Waals surface area contributed by atoms with Gasteiger partial charge in [0, 0.05) is 12.4 Å². The minimum absolute atomic E-state index is 0.0565. The van der Waals surface area contributed by atoms with E-state index in [0.717, 1.165) is 18.6 Å². The highest BCUT2D eigenvalue weighted by Gasteiger charge is 2.42. The molecule has 1 fully saturated rings. The molecule has 154 valence electrons. The summed E-state index contributed by atoms with van der Waals surface area (Å²) in [5.74, 6) is -0.0641. The largest absolute Gasteiger partial charge is 0.465 e. The molecule has 0 bridgehead atoms. The second kappa shape index (κ2) is 8.61. The molecule has 1 aromatic carbocycles. The first kappa shape index (κ1) is 20.8. The normalized spacial score (nSPS) is 23.1. The summed E-state index contributed by atoms with van der Waals surface area (Å²) in [7, 11) is -0.741. The van der Waals surface area contributed by atoms with Crippen LogP contribution in [0.15, 0.2) is 29.1 Å². The van der Waals surface area contributed by atoms with E-state index in [9.17, 15) is 14.7 Å². The first-order chi connectivity index (χ1) is 13.3. The molecule has 1 aliphatic carbocycles. The second-order valence-electron chi connectivity index (χ2n) is 8.36. The number of carbonyl (C=O) groups excluding carboxylic acids is 1. The average molecular weight is 408 g/mol. The van der Waals surface area contributed by atoms with Gasteiger partial charge in [-0.1, -0.05) is 17.3 Å². The Morgan fingerprint density at radius 2 is 1.96 bits per heavy atom. The topological polar surface area (TPSA) is 94.3 Å². The van der Waals surface area contributed by atoms with Crippen LogP contribution in [-0.4, -0.2) is 63.8 Å². The third-order valence-electron chi connectivity index (χ3n) is 5.41. The highest BCUT2D eigenvalue weighted by molar-refractivity contribution is 8.32. The average Bonchev–Trinajstić information content (AvgIpc) is 3.06. The predicted octanol–water partition coefficient (Wildman–Crippen LogP) is 1.66. The van der Waals surface area contributed by atoms with E-state index in [1.807, 2.05) is 6.07 Å². The van der Waals surface area contributed by atoms with Crippen molar-refractivity contribution in [1.82, 2.24) is 15.0 Å². The summed E-state index contributed by atoms with van der Waals surface area (Å²) in [5, 5.41) is 18.4. The van der Waals surface area contributed by atoms with Gasteiger partial charge in [-0.3, -0.25) is 9.59 Å². The number of esters is 1. The number of ether oxygens (including phenoxy) is 1. The van der Waals surface area contributed by atoms with Crippen LogP contribution in [0.2, 0.25) is 0 Å². The fraction of sp³-hybridized carbons (Fsp3) is 0.600. The van der Waals surface area contributed by atoms with Crippen molar-refractivity contribution in [2.45, 2.75) is 19.4 Å². The lowest BCUT2D eigenvalue weighted by Crippen LogP contribution is -2.34. The van der Waals surface area contributed by atoms with Gasteiger partial charge in [-0.05, 0) is 55.6 Å². The zero-order valence-corrected chi connectivity index (χ0v) is 17.5. The molecule has 8 heteroatoms. The first-order valence-electron chi connectivity index (χ1n) is 9.56. The SMILES string of the molecule is CS(C)(C)CCOC(=O)[C@@H]1[C@@H](CO)CC[C@H]1Cn1nnc2ccccc2c1=O. The Morgan fingerprint density at radius 3 is 2.68 bits per heavy atom. The second-order valence-corrected chi connectivity index (χ2v) is 13.0. The van der Waals surface area contributed by atoms with Crippen LogP contribution in [0.5, 0.6) is 0 Å². The maximum atomic E-state index is 12.8. The van der Waals surface area contributed by atoms with Crippen molar-refractivity contribution < 1.29 is 14.6 Å². The van der Waals surface area contributed by atoms with Gasteiger partial charge < -0.3 is 9.84 Å². The zero-order valence-electron chi connectivity index (χ0n) is 16.7. The molecule has 3 atom stereocenters. The van der Waals surface area contributed by atoms with Gasteiger partial charge in [-0.2, -0.15) is 0 Å². The van der Waals surface area contributed by atoms with Crippen LogP contribution in [0.1, 0.15) is 12.8 Å². The Hall–Kier alpha value is -1.93. The Labute approximate surface area is 166 Å². The first-order valence-corrected chi connectivity index (χ1v) is 12.6. The minimum Gasteiger partial charge on any atom is -0.465 e. The summed E-state index contributed by atoms with van der Waals surface area (Å²) in [6, 6.07) is 7.09. The smallest absolute Gasteiger partial charge is 0.309 e. The van der Waals surface area contributed by atoms with Gasteiger partial charge in [0.15, 0.2) is 0 Å². The van der Waals surface area contributed by atoms with E-state index in [0.29, 0.717) is 24.1 Å². The number of aliphatic hydroxyl groups excluding tert-OH is 1. The fourth-order valence-corrected chi connectivity index (χ4v) is 4.40. The van der Waals surface area contributed by atoms with Gasteiger partial charge >= 0.3 is 5.97 Å². The van der Waals surface area contributed by atoms with Crippen LogP contribution < -0.4 is 5.56 Å². The maximum absolute atomic E-state index is 12.8. The standard InChI is InChI=1S/C20H29N3O4S/c1-28(2,3)11-10-27-20(26)18-14(8-9-15(18)13-24)12-23-19(25)16-6-4-5-7-17(16)21-22-23/h4-7,14-15,18,24H,8-13H2,1-3H3/t14-,15+,18-/m0/s1. The van der Waals surface area contributed by atoms with Crippen molar-refractivity contribution in [3.8, 4) is 0 Å². The highest BCUT2D eigenvalue weighted by Crippen LogP contribution is 2.39. The van der Waals surface area contributed by atoms with E-state index >= 15 is 0 Å². The molecule has 0 spiro atoms. The quantitative estimate of drug-likeness (QED) is 0.702. The molecule has 1 saturated carbocycles. The number of hydrogen-bond acceptors (Lipinski definition) is 6. The van der Waals surface area contributed by atoms with Crippen molar-refractivity contribution in [1.29, 1.82) is 0 Å². The minimum atomic E-state index is -0.741. The maximum Gasteiger partial charge on any atom is 0.309 e. The summed E-state index contributed by atoms with van der Waals surface area (Å²) in [5.41, 5.74) is 0.352. The van der Waals surface area contributed by atoms with Crippen LogP contribution in [-0.2, 0) is 16.1 Å². The Balaban J connectivity index is 1.76. The van der Waals surface area contributed by atoms with Gasteiger partial charge in [0.25, 0.3) is 5.56 Å². The van der Waals surface area contributed by atoms with Crippen molar-refractivity contribution in [2.75, 3.05) is 37.7 Å². The van der Waals surface area contributed by atoms with Crippen LogP contribution >= 0.6 is 10.0 Å². The van der Waals surface area contributed by atoms with Crippen LogP contribution in [0.3, 0.4) is 0 Å². The number of benzene rings is 1. The molecule has 28 heavy (non-hydrogen) atoms. The van der Waals surface area contributed by atoms with Crippen molar-refractivity contribution >= 4 is 26.9 Å². The summed E-state index contributed by atoms with van der Waals surface area (Å²) in [4.78, 5) is 25.5. The molecule has 0 unspecified atom stereocenters. The van der Waals surface area contributed by atoms with Crippen LogP contribution in [0.25, 0.3) is 10.9 Å². The molecule has 0 amide bonds. The monoisotopic (exact) mass is 407 g/mol. The molecule has 1 heterocycles. The molecule has 2 aromatic rings. The highest BCUT2D eigenvalue weighted by atomic mass is 32.3. The Morgan fingerprint density at radius 1 is 1.25 bits per heavy atom. The van der Waals surface area contributed by atoms with Gasteiger partial charge in [0.05, 0.1) is 24.5 Å². The molecule has 1 N–H and O–H groups in total. The van der Waals surface area contributed by atoms with E-state index in [2.05, 4.69) is 29.1 Å². The van der Waals surface area contributed by atoms with Gasteiger partial charge in [-0.15, -0.1) is 5.10 Å². The zero-order chi connectivity index (χ0) is 20.3. The van der Waals surface area contributed by atoms with E-state index < -0.39 is 15.9 Å². The third kappa shape index (κ3) is 4.72. The summed E-state index contributed by atoms with van der Waals surface area (Å²) >= 11 is 0. The molecule has 1 aromatic heterocycles. The number of rotatable bonds is 7. The number of aromatic nitrogens is 3. The molecule has 3 rings (SSSR count). The molecule has 0 aliphatic heterocycles. The number of aliphatic hydroxyl groups is 1. The van der Waals surface area contributed by atoms with Crippen LogP contribution in [0, 0.1) is 17.8 Å². The lowest BCUT2D eigenvalue weighted by atomic mass is 9.89. The van der Waals surface area contributed by atoms with Crippen molar-refractivity contribution in [3.63, 3.8) is 0 Å². The Bertz CT molecular complexity index is 893. The van der Waals surface area contributed by atoms with Crippen LogP contribution in [0.4, 0.5) is 0 Å². The summed E-state index contributed by atoms with van der Waals surface area (Å²) < 4.78 is 6.89. The lowest BCUT2D eigenvalue weighted by Gasteiger charge is -2.26. The molecule has 0 radical (unpaired) electrons. The van der Waals surface area contributed by atoms with Gasteiger partial charge in [-0.25, -0.2) is 14.7 Å². The third-order valence-corrected chi connectivity index (χ3v) is 6.80. The number of nitrogens with zero attached hydrogens (tertiary/aromatic N) is 3. The molecule has 7 nitrogen and oxygen atoms in total.